The summed E-state index contributed by atoms with van der Waals surface area (Å²) in [7, 11) is 0. The molecule has 5 nitrogen and oxygen atoms in total. The number of unbranched alkanes of at least 4 members (excludes halogenated alkanes) is 17. The van der Waals surface area contributed by atoms with E-state index in [0.717, 1.165) is 38.5 Å². The summed E-state index contributed by atoms with van der Waals surface area (Å²) in [6.07, 6.45) is 39.2. The van der Waals surface area contributed by atoms with Crippen molar-refractivity contribution in [2.75, 3.05) is 13.2 Å². The van der Waals surface area contributed by atoms with Crippen LogP contribution in [0.1, 0.15) is 168 Å². The number of carbonyl (C=O) groups excluding carboxylic acids is 2. The number of esters is 2. The van der Waals surface area contributed by atoms with Gasteiger partial charge in [0.1, 0.15) is 6.61 Å². The zero-order valence-electron chi connectivity index (χ0n) is 27.5. The van der Waals surface area contributed by atoms with Crippen LogP contribution in [-0.2, 0) is 19.1 Å². The first-order valence-electron chi connectivity index (χ1n) is 17.5. The number of allylic oxidation sites excluding steroid dienone is 6. The van der Waals surface area contributed by atoms with E-state index in [1.54, 1.807) is 0 Å². The fourth-order valence-corrected chi connectivity index (χ4v) is 4.74. The monoisotopic (exact) mass is 590 g/mol. The maximum Gasteiger partial charge on any atom is 0.306 e. The Bertz CT molecular complexity index is 682. The Balaban J connectivity index is 3.68. The van der Waals surface area contributed by atoms with Gasteiger partial charge in [-0.2, -0.15) is 0 Å². The molecule has 0 aliphatic rings. The third kappa shape index (κ3) is 31.1. The molecule has 1 N–H and O–H groups in total. The smallest absolute Gasteiger partial charge is 0.306 e. The van der Waals surface area contributed by atoms with Gasteiger partial charge < -0.3 is 14.6 Å². The van der Waals surface area contributed by atoms with E-state index in [9.17, 15) is 14.7 Å². The summed E-state index contributed by atoms with van der Waals surface area (Å²) in [6.45, 7) is 4.07. The Morgan fingerprint density at radius 1 is 0.548 bits per heavy atom. The van der Waals surface area contributed by atoms with Crippen LogP contribution in [0.15, 0.2) is 36.5 Å². The van der Waals surface area contributed by atoms with Gasteiger partial charge in [-0.1, -0.05) is 147 Å². The van der Waals surface area contributed by atoms with Crippen molar-refractivity contribution in [3.05, 3.63) is 36.5 Å². The Morgan fingerprint density at radius 2 is 0.976 bits per heavy atom. The van der Waals surface area contributed by atoms with Gasteiger partial charge in [0.25, 0.3) is 0 Å². The Morgan fingerprint density at radius 3 is 1.50 bits per heavy atom. The van der Waals surface area contributed by atoms with Gasteiger partial charge in [-0.05, 0) is 44.9 Å². The van der Waals surface area contributed by atoms with E-state index < -0.39 is 6.10 Å². The van der Waals surface area contributed by atoms with E-state index in [-0.39, 0.29) is 31.6 Å². The SMILES string of the molecule is CCCCCCCCC=CCC=CCC=CCCCC(=O)OC(CO)COC(=O)CCCCCCCCCCCCC. The number of aliphatic hydroxyl groups excluding tert-OH is 1. The summed E-state index contributed by atoms with van der Waals surface area (Å²) in [5, 5.41) is 9.50. The minimum atomic E-state index is -0.792. The molecule has 1 atom stereocenters. The van der Waals surface area contributed by atoms with Gasteiger partial charge in [0.15, 0.2) is 6.10 Å². The summed E-state index contributed by atoms with van der Waals surface area (Å²) >= 11 is 0. The third-order valence-electron chi connectivity index (χ3n) is 7.44. The number of rotatable bonds is 31. The molecule has 0 rings (SSSR count). The van der Waals surface area contributed by atoms with E-state index in [4.69, 9.17) is 9.47 Å². The van der Waals surface area contributed by atoms with Crippen LogP contribution in [0.5, 0.6) is 0 Å². The average molecular weight is 591 g/mol. The van der Waals surface area contributed by atoms with Crippen molar-refractivity contribution in [3.8, 4) is 0 Å². The van der Waals surface area contributed by atoms with Crippen LogP contribution in [0.4, 0.5) is 0 Å². The quantitative estimate of drug-likeness (QED) is 0.0494. The van der Waals surface area contributed by atoms with Gasteiger partial charge in [0.05, 0.1) is 6.61 Å². The molecule has 244 valence electrons. The van der Waals surface area contributed by atoms with E-state index >= 15 is 0 Å². The zero-order chi connectivity index (χ0) is 30.8. The maximum absolute atomic E-state index is 12.1. The largest absolute Gasteiger partial charge is 0.462 e. The van der Waals surface area contributed by atoms with Crippen molar-refractivity contribution >= 4 is 11.9 Å². The summed E-state index contributed by atoms with van der Waals surface area (Å²) in [4.78, 5) is 24.1. The second-order valence-corrected chi connectivity index (χ2v) is 11.6. The van der Waals surface area contributed by atoms with Crippen molar-refractivity contribution in [1.82, 2.24) is 0 Å². The Hall–Kier alpha value is -1.88. The second kappa shape index (κ2) is 33.6. The van der Waals surface area contributed by atoms with E-state index in [0.29, 0.717) is 12.8 Å². The Labute approximate surface area is 259 Å². The van der Waals surface area contributed by atoms with Crippen LogP contribution < -0.4 is 0 Å². The molecule has 0 aromatic rings. The molecule has 0 aromatic heterocycles. The molecule has 0 aromatic carbocycles. The first-order valence-corrected chi connectivity index (χ1v) is 17.5. The number of carbonyl (C=O) groups is 2. The molecule has 0 spiro atoms. The van der Waals surface area contributed by atoms with Crippen molar-refractivity contribution in [2.45, 2.75) is 174 Å². The van der Waals surface area contributed by atoms with E-state index in [2.05, 4.69) is 50.3 Å². The van der Waals surface area contributed by atoms with Crippen LogP contribution in [0.3, 0.4) is 0 Å². The molecule has 42 heavy (non-hydrogen) atoms. The predicted octanol–water partition coefficient (Wildman–Crippen LogP) is 10.5. The topological polar surface area (TPSA) is 72.8 Å². The molecular weight excluding hydrogens is 524 g/mol. The first kappa shape index (κ1) is 40.1. The minimum absolute atomic E-state index is 0.0838. The van der Waals surface area contributed by atoms with Gasteiger partial charge >= 0.3 is 11.9 Å². The van der Waals surface area contributed by atoms with Gasteiger partial charge in [0.2, 0.25) is 0 Å². The van der Waals surface area contributed by atoms with E-state index in [1.807, 2.05) is 0 Å². The molecule has 5 heteroatoms. The lowest BCUT2D eigenvalue weighted by atomic mass is 10.1. The van der Waals surface area contributed by atoms with Gasteiger partial charge in [-0.25, -0.2) is 0 Å². The molecule has 0 amide bonds. The Kier molecular flexibility index (Phi) is 32.1. The highest BCUT2D eigenvalue weighted by atomic mass is 16.6. The predicted molar refractivity (Wildman–Crippen MR) is 178 cm³/mol. The van der Waals surface area contributed by atoms with Gasteiger partial charge in [-0.15, -0.1) is 0 Å². The van der Waals surface area contributed by atoms with Crippen molar-refractivity contribution < 1.29 is 24.2 Å². The molecule has 0 aliphatic carbocycles. The second-order valence-electron chi connectivity index (χ2n) is 11.6. The summed E-state index contributed by atoms with van der Waals surface area (Å²) in [5.41, 5.74) is 0. The minimum Gasteiger partial charge on any atom is -0.462 e. The van der Waals surface area contributed by atoms with Gasteiger partial charge in [-0.3, -0.25) is 9.59 Å². The van der Waals surface area contributed by atoms with Crippen LogP contribution >= 0.6 is 0 Å². The van der Waals surface area contributed by atoms with Crippen molar-refractivity contribution in [2.24, 2.45) is 0 Å². The van der Waals surface area contributed by atoms with Crippen LogP contribution in [0.2, 0.25) is 0 Å². The molecule has 0 aliphatic heterocycles. The molecule has 0 saturated carbocycles. The first-order chi connectivity index (χ1) is 20.6. The highest BCUT2D eigenvalue weighted by molar-refractivity contribution is 5.70. The molecule has 1 unspecified atom stereocenters. The standard InChI is InChI=1S/C37H66O5/c1-3-5-7-9-11-13-15-16-17-18-19-20-22-24-26-28-30-32-37(40)42-35(33-38)34-41-36(39)31-29-27-25-23-21-14-12-10-8-6-4-2/h16-17,19-20,24,26,35,38H,3-15,18,21-23,25,27-34H2,1-2H3. The van der Waals surface area contributed by atoms with Crippen LogP contribution in [0, 0.1) is 0 Å². The normalized spacial score (nSPS) is 12.5. The van der Waals surface area contributed by atoms with Gasteiger partial charge in [0, 0.05) is 12.8 Å². The lowest BCUT2D eigenvalue weighted by Crippen LogP contribution is -2.28. The van der Waals surface area contributed by atoms with Crippen LogP contribution in [-0.4, -0.2) is 36.4 Å². The number of aliphatic hydroxyl groups is 1. The van der Waals surface area contributed by atoms with Crippen molar-refractivity contribution in [1.29, 1.82) is 0 Å². The zero-order valence-corrected chi connectivity index (χ0v) is 27.5. The number of hydrogen-bond donors (Lipinski definition) is 1. The average Bonchev–Trinajstić information content (AvgIpc) is 2.99. The summed E-state index contributed by atoms with van der Waals surface area (Å²) in [6, 6.07) is 0. The van der Waals surface area contributed by atoms with E-state index in [1.165, 1.54) is 96.3 Å². The van der Waals surface area contributed by atoms with Crippen molar-refractivity contribution in [3.63, 3.8) is 0 Å². The molecule has 0 heterocycles. The lowest BCUT2D eigenvalue weighted by Gasteiger charge is -2.15. The highest BCUT2D eigenvalue weighted by Gasteiger charge is 2.15. The summed E-state index contributed by atoms with van der Waals surface area (Å²) in [5.74, 6) is -0.652. The molecule has 0 saturated heterocycles. The third-order valence-corrected chi connectivity index (χ3v) is 7.44. The molecular formula is C37H66O5. The summed E-state index contributed by atoms with van der Waals surface area (Å²) < 4.78 is 10.5. The fourth-order valence-electron chi connectivity index (χ4n) is 4.74. The number of ether oxygens (including phenoxy) is 2. The lowest BCUT2D eigenvalue weighted by molar-refractivity contribution is -0.161. The molecule has 0 radical (unpaired) electrons. The fraction of sp³-hybridized carbons (Fsp3) is 0.784. The maximum atomic E-state index is 12.1. The van der Waals surface area contributed by atoms with Crippen LogP contribution in [0.25, 0.3) is 0 Å². The highest BCUT2D eigenvalue weighted by Crippen LogP contribution is 2.12. The molecule has 0 fully saturated rings. The number of hydrogen-bond acceptors (Lipinski definition) is 5. The molecule has 0 bridgehead atoms.